The molecule has 0 aromatic heterocycles. The van der Waals surface area contributed by atoms with Crippen LogP contribution in [-0.2, 0) is 0 Å². The highest BCUT2D eigenvalue weighted by molar-refractivity contribution is 5.80. The lowest BCUT2D eigenvalue weighted by Crippen LogP contribution is -2.15. The van der Waals surface area contributed by atoms with Crippen molar-refractivity contribution in [2.24, 2.45) is 4.99 Å². The number of hydrogen-bond donors (Lipinski definition) is 0. The van der Waals surface area contributed by atoms with E-state index in [1.54, 1.807) is 13.1 Å². The zero-order valence-electron chi connectivity index (χ0n) is 11.4. The van der Waals surface area contributed by atoms with Crippen molar-refractivity contribution in [3.8, 4) is 6.07 Å². The second-order valence-corrected chi connectivity index (χ2v) is 4.67. The van der Waals surface area contributed by atoms with Gasteiger partial charge < -0.3 is 0 Å². The summed E-state index contributed by atoms with van der Waals surface area (Å²) in [7, 11) is 0. The number of nitrogens with zero attached hydrogens (tertiary/aromatic N) is 2. The first-order chi connectivity index (χ1) is 9.72. The Morgan fingerprint density at radius 2 is 1.50 bits per heavy atom. The lowest BCUT2D eigenvalue weighted by atomic mass is 10.0. The van der Waals surface area contributed by atoms with Gasteiger partial charge in [-0.2, -0.15) is 5.26 Å². The first-order valence-corrected chi connectivity index (χ1v) is 6.48. The highest BCUT2D eigenvalue weighted by Crippen LogP contribution is 2.14. The van der Waals surface area contributed by atoms with E-state index in [4.69, 9.17) is 0 Å². The molecule has 2 rings (SSSR count). The average Bonchev–Trinajstić information content (AvgIpc) is 2.53. The Morgan fingerprint density at radius 3 is 2.05 bits per heavy atom. The predicted molar refractivity (Wildman–Crippen MR) is 83.5 cm³/mol. The standard InChI is InChI=1S/C18H16N2/c1-18(15-19,13-12-16-8-4-2-5-9-16)20-14-17-10-6-3-7-11-17/h2-14H,1H3/b13-12-,20-14?. The van der Waals surface area contributed by atoms with Crippen molar-refractivity contribution in [2.75, 3.05) is 0 Å². The van der Waals surface area contributed by atoms with Crippen LogP contribution >= 0.6 is 0 Å². The molecule has 0 aliphatic carbocycles. The Morgan fingerprint density at radius 1 is 0.950 bits per heavy atom. The van der Waals surface area contributed by atoms with Gasteiger partial charge in [-0.05, 0) is 24.1 Å². The van der Waals surface area contributed by atoms with Crippen LogP contribution in [-0.4, -0.2) is 11.8 Å². The zero-order valence-corrected chi connectivity index (χ0v) is 11.4. The second kappa shape index (κ2) is 6.49. The van der Waals surface area contributed by atoms with Crippen LogP contribution in [0.5, 0.6) is 0 Å². The van der Waals surface area contributed by atoms with Gasteiger partial charge in [0.2, 0.25) is 0 Å². The number of aliphatic imine (C=N–C) groups is 1. The third kappa shape index (κ3) is 3.93. The van der Waals surface area contributed by atoms with E-state index in [9.17, 15) is 5.26 Å². The fourth-order valence-corrected chi connectivity index (χ4v) is 1.68. The lowest BCUT2D eigenvalue weighted by molar-refractivity contribution is 0.762. The average molecular weight is 260 g/mol. The Bertz CT molecular complexity index is 585. The quantitative estimate of drug-likeness (QED) is 0.762. The molecule has 0 fully saturated rings. The summed E-state index contributed by atoms with van der Waals surface area (Å²) in [6, 6.07) is 21.9. The van der Waals surface area contributed by atoms with E-state index in [0.29, 0.717) is 0 Å². The van der Waals surface area contributed by atoms with E-state index in [1.165, 1.54) is 0 Å². The van der Waals surface area contributed by atoms with Gasteiger partial charge in [0.15, 0.2) is 5.54 Å². The summed E-state index contributed by atoms with van der Waals surface area (Å²) >= 11 is 0. The zero-order chi connectivity index (χ0) is 14.3. The molecule has 0 heterocycles. The summed E-state index contributed by atoms with van der Waals surface area (Å²) in [5.74, 6) is 0. The highest BCUT2D eigenvalue weighted by atomic mass is 14.8. The van der Waals surface area contributed by atoms with Gasteiger partial charge in [-0.15, -0.1) is 0 Å². The maximum atomic E-state index is 9.33. The molecule has 2 heteroatoms. The molecule has 0 bridgehead atoms. The van der Waals surface area contributed by atoms with Crippen molar-refractivity contribution in [2.45, 2.75) is 12.5 Å². The Balaban J connectivity index is 2.16. The molecule has 0 saturated heterocycles. The Hall–Kier alpha value is -2.66. The Kier molecular flexibility index (Phi) is 4.47. The molecule has 20 heavy (non-hydrogen) atoms. The highest BCUT2D eigenvalue weighted by Gasteiger charge is 2.16. The van der Waals surface area contributed by atoms with Crippen molar-refractivity contribution in [1.82, 2.24) is 0 Å². The van der Waals surface area contributed by atoms with Crippen LogP contribution in [0.4, 0.5) is 0 Å². The molecule has 1 atom stereocenters. The SMILES string of the molecule is CC(C#N)(/C=C\c1ccccc1)N=Cc1ccccc1. The number of hydrogen-bond acceptors (Lipinski definition) is 2. The minimum atomic E-state index is -0.855. The van der Waals surface area contributed by atoms with Gasteiger partial charge in [0.1, 0.15) is 0 Å². The maximum Gasteiger partial charge on any atom is 0.162 e. The molecule has 0 N–H and O–H groups in total. The lowest BCUT2D eigenvalue weighted by Gasteiger charge is -2.10. The van der Waals surface area contributed by atoms with Crippen molar-refractivity contribution in [1.29, 1.82) is 5.26 Å². The molecule has 1 unspecified atom stereocenters. The normalized spacial score (nSPS) is 14.2. The number of nitriles is 1. The summed E-state index contributed by atoms with van der Waals surface area (Å²) in [5, 5.41) is 9.33. The van der Waals surface area contributed by atoms with Gasteiger partial charge in [0.25, 0.3) is 0 Å². The third-order valence-corrected chi connectivity index (χ3v) is 2.91. The van der Waals surface area contributed by atoms with Crippen molar-refractivity contribution in [3.63, 3.8) is 0 Å². The maximum absolute atomic E-state index is 9.33. The predicted octanol–water partition coefficient (Wildman–Crippen LogP) is 4.10. The first-order valence-electron chi connectivity index (χ1n) is 6.48. The molecule has 0 radical (unpaired) electrons. The van der Waals surface area contributed by atoms with E-state index in [2.05, 4.69) is 11.1 Å². The molecule has 98 valence electrons. The second-order valence-electron chi connectivity index (χ2n) is 4.67. The monoisotopic (exact) mass is 260 g/mol. The summed E-state index contributed by atoms with van der Waals surface area (Å²) in [6.45, 7) is 1.80. The van der Waals surface area contributed by atoms with E-state index in [-0.39, 0.29) is 0 Å². The molecular formula is C18H16N2. The van der Waals surface area contributed by atoms with Crippen LogP contribution in [0.15, 0.2) is 71.7 Å². The minimum absolute atomic E-state index is 0.855. The molecule has 0 aliphatic rings. The van der Waals surface area contributed by atoms with Crippen molar-refractivity contribution in [3.05, 3.63) is 77.9 Å². The molecule has 2 aromatic carbocycles. The van der Waals surface area contributed by atoms with Gasteiger partial charge in [-0.1, -0.05) is 66.7 Å². The number of rotatable bonds is 4. The molecular weight excluding hydrogens is 244 g/mol. The molecule has 2 aromatic rings. The smallest absolute Gasteiger partial charge is 0.162 e. The summed E-state index contributed by atoms with van der Waals surface area (Å²) in [4.78, 5) is 4.39. The van der Waals surface area contributed by atoms with Crippen LogP contribution in [0.2, 0.25) is 0 Å². The Labute approximate surface area is 119 Å². The largest absolute Gasteiger partial charge is 0.267 e. The van der Waals surface area contributed by atoms with Crippen LogP contribution in [0, 0.1) is 11.3 Å². The van der Waals surface area contributed by atoms with E-state index in [0.717, 1.165) is 11.1 Å². The van der Waals surface area contributed by atoms with E-state index < -0.39 is 5.54 Å². The summed E-state index contributed by atoms with van der Waals surface area (Å²) in [5.41, 5.74) is 1.19. The van der Waals surface area contributed by atoms with Crippen LogP contribution in [0.3, 0.4) is 0 Å². The van der Waals surface area contributed by atoms with Gasteiger partial charge in [-0.25, -0.2) is 0 Å². The van der Waals surface area contributed by atoms with Gasteiger partial charge in [0, 0.05) is 6.21 Å². The van der Waals surface area contributed by atoms with Gasteiger partial charge in [0.05, 0.1) is 6.07 Å². The van der Waals surface area contributed by atoms with Crippen molar-refractivity contribution >= 4 is 12.3 Å². The molecule has 0 aliphatic heterocycles. The van der Waals surface area contributed by atoms with E-state index in [1.807, 2.05) is 72.8 Å². The third-order valence-electron chi connectivity index (χ3n) is 2.91. The summed E-state index contributed by atoms with van der Waals surface area (Å²) in [6.07, 6.45) is 5.48. The van der Waals surface area contributed by atoms with Crippen molar-refractivity contribution < 1.29 is 0 Å². The van der Waals surface area contributed by atoms with Gasteiger partial charge >= 0.3 is 0 Å². The molecule has 0 spiro atoms. The van der Waals surface area contributed by atoms with Crippen LogP contribution < -0.4 is 0 Å². The van der Waals surface area contributed by atoms with Crippen LogP contribution in [0.1, 0.15) is 18.1 Å². The fraction of sp³-hybridized carbons (Fsp3) is 0.111. The topological polar surface area (TPSA) is 36.1 Å². The molecule has 2 nitrogen and oxygen atoms in total. The minimum Gasteiger partial charge on any atom is -0.267 e. The number of benzene rings is 2. The first kappa shape index (κ1) is 13.8. The molecule has 0 amide bonds. The van der Waals surface area contributed by atoms with Crippen LogP contribution in [0.25, 0.3) is 6.08 Å². The molecule has 0 saturated carbocycles. The fourth-order valence-electron chi connectivity index (χ4n) is 1.68. The summed E-state index contributed by atoms with van der Waals surface area (Å²) < 4.78 is 0. The van der Waals surface area contributed by atoms with E-state index >= 15 is 0 Å². The van der Waals surface area contributed by atoms with Gasteiger partial charge in [-0.3, -0.25) is 4.99 Å².